The Labute approximate surface area is 115 Å². The Bertz CT molecular complexity index is 489. The molecule has 0 N–H and O–H groups in total. The average molecular weight is 262 g/mol. The number of aryl methyl sites for hydroxylation is 2. The first-order valence-corrected chi connectivity index (χ1v) is 6.30. The zero-order chi connectivity index (χ0) is 14.4. The van der Waals surface area contributed by atoms with Crippen molar-refractivity contribution >= 4 is 5.71 Å². The minimum atomic E-state index is 0.359. The van der Waals surface area contributed by atoms with Crippen LogP contribution in [-0.2, 0) is 11.4 Å². The average Bonchev–Trinajstić information content (AvgIpc) is 2.34. The molecule has 4 heteroatoms. The lowest BCUT2D eigenvalue weighted by Gasteiger charge is -2.16. The topological polar surface area (TPSA) is 43.7 Å². The molecule has 0 unspecified atom stereocenters. The molecule has 19 heavy (non-hydrogen) atoms. The summed E-state index contributed by atoms with van der Waals surface area (Å²) in [5.41, 5.74) is 4.72. The van der Waals surface area contributed by atoms with Gasteiger partial charge in [0, 0.05) is 17.0 Å². The SMILES string of the molecule is C=CCOc1c(C)c(C)nc(C)c1CON=C(C)C. The molecule has 4 nitrogen and oxygen atoms in total. The Kier molecular flexibility index (Phi) is 5.55. The summed E-state index contributed by atoms with van der Waals surface area (Å²) in [6, 6.07) is 0. The second-order valence-electron chi connectivity index (χ2n) is 4.63. The van der Waals surface area contributed by atoms with Crippen LogP contribution in [0.25, 0.3) is 0 Å². The summed E-state index contributed by atoms with van der Waals surface area (Å²) in [7, 11) is 0. The maximum atomic E-state index is 5.75. The summed E-state index contributed by atoms with van der Waals surface area (Å²) >= 11 is 0. The summed E-state index contributed by atoms with van der Waals surface area (Å²) < 4.78 is 5.75. The van der Waals surface area contributed by atoms with Gasteiger partial charge in [-0.25, -0.2) is 0 Å². The van der Waals surface area contributed by atoms with Gasteiger partial charge in [0.05, 0.1) is 11.3 Å². The number of oxime groups is 1. The second kappa shape index (κ2) is 6.92. The predicted molar refractivity (Wildman–Crippen MR) is 77.7 cm³/mol. The van der Waals surface area contributed by atoms with E-state index in [0.717, 1.165) is 34.0 Å². The molecule has 0 aromatic carbocycles. The van der Waals surface area contributed by atoms with Crippen molar-refractivity contribution in [3.63, 3.8) is 0 Å². The van der Waals surface area contributed by atoms with Crippen LogP contribution in [0, 0.1) is 20.8 Å². The van der Waals surface area contributed by atoms with Crippen molar-refractivity contribution < 1.29 is 9.57 Å². The third kappa shape index (κ3) is 4.09. The Balaban J connectivity index is 3.08. The number of pyridine rings is 1. The predicted octanol–water partition coefficient (Wildman–Crippen LogP) is 3.48. The van der Waals surface area contributed by atoms with E-state index in [1.54, 1.807) is 6.08 Å². The first-order valence-electron chi connectivity index (χ1n) is 6.30. The number of hydrogen-bond acceptors (Lipinski definition) is 4. The van der Waals surface area contributed by atoms with Gasteiger partial charge in [-0.05, 0) is 34.6 Å². The molecule has 0 saturated heterocycles. The molecule has 0 atom stereocenters. The third-order valence-electron chi connectivity index (χ3n) is 2.73. The monoisotopic (exact) mass is 262 g/mol. The van der Waals surface area contributed by atoms with Crippen molar-refractivity contribution in [2.24, 2.45) is 5.16 Å². The molecule has 0 radical (unpaired) electrons. The maximum absolute atomic E-state index is 5.75. The molecular weight excluding hydrogens is 240 g/mol. The number of rotatable bonds is 6. The minimum absolute atomic E-state index is 0.359. The Hall–Kier alpha value is -1.84. The molecule has 1 aromatic rings. The summed E-state index contributed by atoms with van der Waals surface area (Å²) in [6.07, 6.45) is 1.73. The van der Waals surface area contributed by atoms with Gasteiger partial charge < -0.3 is 9.57 Å². The van der Waals surface area contributed by atoms with Gasteiger partial charge in [0.15, 0.2) is 0 Å². The van der Waals surface area contributed by atoms with E-state index in [4.69, 9.17) is 9.57 Å². The van der Waals surface area contributed by atoms with Crippen LogP contribution < -0.4 is 4.74 Å². The van der Waals surface area contributed by atoms with Crippen LogP contribution in [0.15, 0.2) is 17.8 Å². The van der Waals surface area contributed by atoms with E-state index in [1.165, 1.54) is 0 Å². The van der Waals surface area contributed by atoms with Crippen LogP contribution in [0.5, 0.6) is 5.75 Å². The highest BCUT2D eigenvalue weighted by atomic mass is 16.6. The molecule has 0 fully saturated rings. The highest BCUT2D eigenvalue weighted by Crippen LogP contribution is 2.28. The number of ether oxygens (including phenoxy) is 1. The van der Waals surface area contributed by atoms with Gasteiger partial charge in [0.1, 0.15) is 19.0 Å². The van der Waals surface area contributed by atoms with Gasteiger partial charge in [-0.15, -0.1) is 0 Å². The summed E-state index contributed by atoms with van der Waals surface area (Å²) in [5.74, 6) is 0.828. The minimum Gasteiger partial charge on any atom is -0.489 e. The lowest BCUT2D eigenvalue weighted by Crippen LogP contribution is -2.06. The molecule has 0 aliphatic rings. The van der Waals surface area contributed by atoms with Crippen LogP contribution >= 0.6 is 0 Å². The Morgan fingerprint density at radius 2 is 1.95 bits per heavy atom. The van der Waals surface area contributed by atoms with Crippen LogP contribution in [0.2, 0.25) is 0 Å². The first kappa shape index (κ1) is 15.2. The first-order chi connectivity index (χ1) is 8.97. The van der Waals surface area contributed by atoms with Gasteiger partial charge in [0.25, 0.3) is 0 Å². The van der Waals surface area contributed by atoms with E-state index in [0.29, 0.717) is 13.2 Å². The lowest BCUT2D eigenvalue weighted by molar-refractivity contribution is 0.126. The van der Waals surface area contributed by atoms with Gasteiger partial charge in [0.2, 0.25) is 0 Å². The summed E-state index contributed by atoms with van der Waals surface area (Å²) in [6.45, 7) is 14.2. The van der Waals surface area contributed by atoms with Crippen molar-refractivity contribution in [3.05, 3.63) is 35.2 Å². The van der Waals surface area contributed by atoms with Crippen molar-refractivity contribution in [2.45, 2.75) is 41.2 Å². The summed E-state index contributed by atoms with van der Waals surface area (Å²) in [4.78, 5) is 9.82. The van der Waals surface area contributed by atoms with E-state index in [2.05, 4.69) is 16.7 Å². The van der Waals surface area contributed by atoms with Crippen LogP contribution in [0.1, 0.15) is 36.4 Å². The molecule has 0 aliphatic heterocycles. The second-order valence-corrected chi connectivity index (χ2v) is 4.63. The molecule has 1 aromatic heterocycles. The van der Waals surface area contributed by atoms with Crippen molar-refractivity contribution in [3.8, 4) is 5.75 Å². The Morgan fingerprint density at radius 1 is 1.26 bits per heavy atom. The van der Waals surface area contributed by atoms with Gasteiger partial charge in [-0.1, -0.05) is 17.8 Å². The molecule has 0 saturated carbocycles. The fourth-order valence-electron chi connectivity index (χ4n) is 1.69. The van der Waals surface area contributed by atoms with E-state index >= 15 is 0 Å². The van der Waals surface area contributed by atoms with E-state index in [9.17, 15) is 0 Å². The van der Waals surface area contributed by atoms with Gasteiger partial charge >= 0.3 is 0 Å². The third-order valence-corrected chi connectivity index (χ3v) is 2.73. The molecule has 0 aliphatic carbocycles. The highest BCUT2D eigenvalue weighted by molar-refractivity contribution is 5.78. The van der Waals surface area contributed by atoms with Gasteiger partial charge in [-0.2, -0.15) is 0 Å². The molecule has 104 valence electrons. The van der Waals surface area contributed by atoms with Crippen LogP contribution in [-0.4, -0.2) is 17.3 Å². The molecule has 1 heterocycles. The molecule has 0 spiro atoms. The van der Waals surface area contributed by atoms with Crippen LogP contribution in [0.3, 0.4) is 0 Å². The van der Waals surface area contributed by atoms with Gasteiger partial charge in [-0.3, -0.25) is 4.98 Å². The quantitative estimate of drug-likeness (QED) is 0.448. The molecule has 0 bridgehead atoms. The zero-order valence-electron chi connectivity index (χ0n) is 12.4. The molecular formula is C15H22N2O2. The van der Waals surface area contributed by atoms with E-state index in [-0.39, 0.29) is 0 Å². The summed E-state index contributed by atoms with van der Waals surface area (Å²) in [5, 5.41) is 3.95. The fourth-order valence-corrected chi connectivity index (χ4v) is 1.69. The Morgan fingerprint density at radius 3 is 2.53 bits per heavy atom. The van der Waals surface area contributed by atoms with Crippen molar-refractivity contribution in [1.29, 1.82) is 0 Å². The number of hydrogen-bond donors (Lipinski definition) is 0. The smallest absolute Gasteiger partial charge is 0.147 e. The van der Waals surface area contributed by atoms with Crippen molar-refractivity contribution in [2.75, 3.05) is 6.61 Å². The molecule has 0 amide bonds. The zero-order valence-corrected chi connectivity index (χ0v) is 12.4. The van der Waals surface area contributed by atoms with Crippen LogP contribution in [0.4, 0.5) is 0 Å². The maximum Gasteiger partial charge on any atom is 0.147 e. The van der Waals surface area contributed by atoms with Crippen molar-refractivity contribution in [1.82, 2.24) is 4.98 Å². The van der Waals surface area contributed by atoms with E-state index < -0.39 is 0 Å². The highest BCUT2D eigenvalue weighted by Gasteiger charge is 2.14. The van der Waals surface area contributed by atoms with E-state index in [1.807, 2.05) is 34.6 Å². The standard InChI is InChI=1S/C15H22N2O2/c1-7-8-18-15-11(4)12(5)16-13(6)14(15)9-19-17-10(2)3/h7H,1,8-9H2,2-6H3. The molecule has 1 rings (SSSR count). The number of nitrogens with zero attached hydrogens (tertiary/aromatic N) is 2. The number of aromatic nitrogens is 1. The largest absolute Gasteiger partial charge is 0.489 e. The lowest BCUT2D eigenvalue weighted by atomic mass is 10.1. The normalized spacial score (nSPS) is 9.95. The fraction of sp³-hybridized carbons (Fsp3) is 0.467.